The maximum atomic E-state index is 5.59. The van der Waals surface area contributed by atoms with Crippen LogP contribution in [0.2, 0.25) is 0 Å². The lowest BCUT2D eigenvalue weighted by Gasteiger charge is -2.21. The quantitative estimate of drug-likeness (QED) is 0.858. The summed E-state index contributed by atoms with van der Waals surface area (Å²) in [6.45, 7) is 15.3. The smallest absolute Gasteiger partial charge is 0.137 e. The second-order valence-corrected chi connectivity index (χ2v) is 6.84. The Balaban J connectivity index is 2.28. The minimum Gasteiger partial charge on any atom is -0.492 e. The van der Waals surface area contributed by atoms with Gasteiger partial charge < -0.3 is 10.1 Å². The summed E-state index contributed by atoms with van der Waals surface area (Å²) in [5.74, 6) is 1.48. The topological polar surface area (TPSA) is 34.2 Å². The number of pyridine rings is 1. The minimum atomic E-state index is 0.345. The molecule has 1 unspecified atom stereocenters. The largest absolute Gasteiger partial charge is 0.492 e. The van der Waals surface area contributed by atoms with E-state index in [0.29, 0.717) is 29.4 Å². The Morgan fingerprint density at radius 3 is 2.35 bits per heavy atom. The van der Waals surface area contributed by atoms with Crippen LogP contribution in [-0.2, 0) is 0 Å². The number of hydrogen-bond donors (Lipinski definition) is 1. The summed E-state index contributed by atoms with van der Waals surface area (Å²) < 4.78 is 5.59. The van der Waals surface area contributed by atoms with Gasteiger partial charge >= 0.3 is 0 Å². The zero-order valence-corrected chi connectivity index (χ0v) is 13.7. The van der Waals surface area contributed by atoms with Gasteiger partial charge in [0.05, 0.1) is 12.8 Å². The van der Waals surface area contributed by atoms with Crippen LogP contribution >= 0.6 is 0 Å². The Bertz CT molecular complexity index is 454. The van der Waals surface area contributed by atoms with E-state index in [1.165, 1.54) is 5.56 Å². The average molecular weight is 276 g/mol. The van der Waals surface area contributed by atoms with E-state index in [0.717, 1.165) is 12.3 Å². The van der Waals surface area contributed by atoms with E-state index in [2.05, 4.69) is 51.0 Å². The predicted octanol–water partition coefficient (Wildman–Crippen LogP) is 3.81. The third-order valence-electron chi connectivity index (χ3n) is 5.29. The van der Waals surface area contributed by atoms with Crippen molar-refractivity contribution in [1.29, 1.82) is 0 Å². The van der Waals surface area contributed by atoms with Crippen LogP contribution in [-0.4, -0.2) is 18.1 Å². The summed E-state index contributed by atoms with van der Waals surface area (Å²) in [5, 5.41) is 3.65. The Hall–Kier alpha value is -1.09. The number of aromatic nitrogens is 1. The first-order valence-corrected chi connectivity index (χ1v) is 7.67. The van der Waals surface area contributed by atoms with Crippen LogP contribution in [0.4, 0.5) is 0 Å². The molecule has 0 aliphatic heterocycles. The molecule has 1 N–H and O–H groups in total. The van der Waals surface area contributed by atoms with E-state index in [4.69, 9.17) is 4.74 Å². The predicted molar refractivity (Wildman–Crippen MR) is 82.9 cm³/mol. The number of nitrogens with zero attached hydrogens (tertiary/aromatic N) is 1. The molecule has 1 atom stereocenters. The molecule has 0 amide bonds. The first kappa shape index (κ1) is 15.3. The molecule has 0 bridgehead atoms. The number of rotatable bonds is 6. The van der Waals surface area contributed by atoms with Crippen molar-refractivity contribution in [2.24, 2.45) is 16.7 Å². The summed E-state index contributed by atoms with van der Waals surface area (Å²) >= 11 is 0. The summed E-state index contributed by atoms with van der Waals surface area (Å²) in [6, 6.07) is 2.48. The fourth-order valence-electron chi connectivity index (χ4n) is 3.58. The highest BCUT2D eigenvalue weighted by atomic mass is 16.5. The number of ether oxygens (including phenoxy) is 1. The third-order valence-corrected chi connectivity index (χ3v) is 5.29. The van der Waals surface area contributed by atoms with Gasteiger partial charge in [-0.25, -0.2) is 0 Å². The highest BCUT2D eigenvalue weighted by Gasteiger charge is 2.67. The highest BCUT2D eigenvalue weighted by Crippen LogP contribution is 2.72. The van der Waals surface area contributed by atoms with Crippen molar-refractivity contribution in [2.75, 3.05) is 13.2 Å². The lowest BCUT2D eigenvalue weighted by Crippen LogP contribution is -2.25. The molecular weight excluding hydrogens is 248 g/mol. The van der Waals surface area contributed by atoms with Gasteiger partial charge in [0.15, 0.2) is 0 Å². The molecule has 3 heteroatoms. The van der Waals surface area contributed by atoms with Crippen molar-refractivity contribution < 1.29 is 4.74 Å². The molecule has 0 aromatic carbocycles. The van der Waals surface area contributed by atoms with Gasteiger partial charge in [-0.15, -0.1) is 0 Å². The van der Waals surface area contributed by atoms with Crippen molar-refractivity contribution in [3.8, 4) is 5.75 Å². The Kier molecular flexibility index (Phi) is 4.10. The lowest BCUT2D eigenvalue weighted by atomic mass is 9.97. The zero-order valence-electron chi connectivity index (χ0n) is 13.7. The SMILES string of the molecule is CCNC(c1cncc(OCC)c1)C1C(C)(C)C1(C)C. The maximum Gasteiger partial charge on any atom is 0.137 e. The van der Waals surface area contributed by atoms with Gasteiger partial charge in [0, 0.05) is 12.2 Å². The van der Waals surface area contributed by atoms with Gasteiger partial charge in [0.1, 0.15) is 5.75 Å². The molecule has 1 fully saturated rings. The van der Waals surface area contributed by atoms with Crippen molar-refractivity contribution in [2.45, 2.75) is 47.6 Å². The molecule has 20 heavy (non-hydrogen) atoms. The normalized spacial score (nSPS) is 21.5. The van der Waals surface area contributed by atoms with E-state index in [1.54, 1.807) is 6.20 Å². The monoisotopic (exact) mass is 276 g/mol. The second kappa shape index (κ2) is 5.36. The summed E-state index contributed by atoms with van der Waals surface area (Å²) in [5.41, 5.74) is 1.93. The van der Waals surface area contributed by atoms with Crippen LogP contribution in [0.25, 0.3) is 0 Å². The summed E-state index contributed by atoms with van der Waals surface area (Å²) in [7, 11) is 0. The van der Waals surface area contributed by atoms with Crippen LogP contribution in [0.1, 0.15) is 53.1 Å². The molecule has 0 radical (unpaired) electrons. The minimum absolute atomic E-state index is 0.345. The molecule has 1 aliphatic carbocycles. The second-order valence-electron chi connectivity index (χ2n) is 6.84. The van der Waals surface area contributed by atoms with Crippen LogP contribution in [0.15, 0.2) is 18.5 Å². The Morgan fingerprint density at radius 2 is 1.85 bits per heavy atom. The van der Waals surface area contributed by atoms with Crippen molar-refractivity contribution in [1.82, 2.24) is 10.3 Å². The molecule has 112 valence electrons. The highest BCUT2D eigenvalue weighted by molar-refractivity contribution is 5.30. The first-order valence-electron chi connectivity index (χ1n) is 7.67. The third kappa shape index (κ3) is 2.44. The molecule has 1 heterocycles. The molecule has 1 aromatic rings. The molecule has 2 rings (SSSR count). The van der Waals surface area contributed by atoms with Gasteiger partial charge in [-0.2, -0.15) is 0 Å². The summed E-state index contributed by atoms with van der Waals surface area (Å²) in [4.78, 5) is 4.35. The van der Waals surface area contributed by atoms with Gasteiger partial charge in [0.2, 0.25) is 0 Å². The molecule has 1 saturated carbocycles. The number of nitrogens with one attached hydrogen (secondary N) is 1. The lowest BCUT2D eigenvalue weighted by molar-refractivity contribution is 0.336. The van der Waals surface area contributed by atoms with Crippen molar-refractivity contribution >= 4 is 0 Å². The fraction of sp³-hybridized carbons (Fsp3) is 0.706. The zero-order chi connectivity index (χ0) is 15.0. The Morgan fingerprint density at radius 1 is 1.20 bits per heavy atom. The Labute approximate surface area is 123 Å². The van der Waals surface area contributed by atoms with Crippen LogP contribution < -0.4 is 10.1 Å². The van der Waals surface area contributed by atoms with E-state index in [9.17, 15) is 0 Å². The standard InChI is InChI=1S/C17H28N2O/c1-7-19-14(15-16(3,4)17(15,5)6)12-9-13(20-8-2)11-18-10-12/h9-11,14-15,19H,7-8H2,1-6H3. The molecule has 1 aliphatic rings. The van der Waals surface area contributed by atoms with Crippen LogP contribution in [0.5, 0.6) is 5.75 Å². The van der Waals surface area contributed by atoms with Crippen LogP contribution in [0.3, 0.4) is 0 Å². The average Bonchev–Trinajstić information content (AvgIpc) is 2.78. The molecule has 0 spiro atoms. The van der Waals surface area contributed by atoms with E-state index < -0.39 is 0 Å². The molecule has 3 nitrogen and oxygen atoms in total. The first-order chi connectivity index (χ1) is 9.36. The molecule has 0 saturated heterocycles. The van der Waals surface area contributed by atoms with Gasteiger partial charge in [-0.05, 0) is 41.8 Å². The number of hydrogen-bond acceptors (Lipinski definition) is 3. The van der Waals surface area contributed by atoms with Crippen molar-refractivity contribution in [3.05, 3.63) is 24.0 Å². The van der Waals surface area contributed by atoms with Crippen molar-refractivity contribution in [3.63, 3.8) is 0 Å². The molecule has 1 aromatic heterocycles. The molecular formula is C17H28N2O. The van der Waals surface area contributed by atoms with E-state index in [1.807, 2.05) is 13.1 Å². The van der Waals surface area contributed by atoms with Gasteiger partial charge in [-0.1, -0.05) is 34.6 Å². The van der Waals surface area contributed by atoms with E-state index in [-0.39, 0.29) is 0 Å². The van der Waals surface area contributed by atoms with E-state index >= 15 is 0 Å². The van der Waals surface area contributed by atoms with Gasteiger partial charge in [0.25, 0.3) is 0 Å². The summed E-state index contributed by atoms with van der Waals surface area (Å²) in [6.07, 6.45) is 3.76. The fourth-order valence-corrected chi connectivity index (χ4v) is 3.58. The van der Waals surface area contributed by atoms with Gasteiger partial charge in [-0.3, -0.25) is 4.98 Å². The maximum absolute atomic E-state index is 5.59. The van der Waals surface area contributed by atoms with Crippen LogP contribution in [0, 0.1) is 16.7 Å².